The molecule has 462 valence electrons. The van der Waals surface area contributed by atoms with Crippen molar-refractivity contribution in [1.29, 1.82) is 0 Å². The van der Waals surface area contributed by atoms with Gasteiger partial charge in [-0.2, -0.15) is 0 Å². The Labute approximate surface area is 559 Å². The molecule has 0 bridgehead atoms. The lowest BCUT2D eigenvalue weighted by atomic mass is 10.0. The summed E-state index contributed by atoms with van der Waals surface area (Å²) in [4.78, 5) is 6.84. The zero-order chi connectivity index (χ0) is 65.5. The third-order valence-electron chi connectivity index (χ3n) is 17.1. The molecule has 0 saturated carbocycles. The average molecular weight is 1230 g/mol. The van der Waals surface area contributed by atoms with E-state index < -0.39 is 0 Å². The molecule has 0 N–H and O–H groups in total. The van der Waals surface area contributed by atoms with Crippen molar-refractivity contribution in [1.82, 2.24) is 9.13 Å². The van der Waals surface area contributed by atoms with Crippen LogP contribution in [0.4, 0.5) is 51.2 Å². The van der Waals surface area contributed by atoms with E-state index in [1.165, 1.54) is 71.4 Å². The minimum Gasteiger partial charge on any atom is -0.341 e. The second-order valence-corrected chi connectivity index (χ2v) is 23.2. The Morgan fingerprint density at radius 2 is 0.579 bits per heavy atom. The van der Waals surface area contributed by atoms with Crippen molar-refractivity contribution in [3.8, 4) is 11.1 Å². The number of rotatable bonds is 15. The normalized spacial score (nSPS) is 10.7. The molecular weight excluding hydrogens is 1150 g/mol. The maximum Gasteiger partial charge on any atom is 0.0534 e. The van der Waals surface area contributed by atoms with Gasteiger partial charge in [0.15, 0.2) is 0 Å². The lowest BCUT2D eigenvalue weighted by Gasteiger charge is -2.26. The molecule has 5 nitrogen and oxygen atoms in total. The molecule has 95 heavy (non-hydrogen) atoms. The molecule has 2 heterocycles. The molecular formula is C90H77N5. The van der Waals surface area contributed by atoms with Crippen LogP contribution >= 0.6 is 0 Å². The number of anilines is 9. The van der Waals surface area contributed by atoms with E-state index in [0.29, 0.717) is 0 Å². The quantitative estimate of drug-likeness (QED) is 0.102. The maximum atomic E-state index is 3.90. The number of para-hydroxylation sites is 6. The summed E-state index contributed by atoms with van der Waals surface area (Å²) in [7, 11) is 0. The van der Waals surface area contributed by atoms with Crippen LogP contribution in [0.3, 0.4) is 0 Å². The van der Waals surface area contributed by atoms with E-state index in [0.717, 1.165) is 68.9 Å². The molecule has 13 aromatic carbocycles. The van der Waals surface area contributed by atoms with E-state index in [9.17, 15) is 0 Å². The lowest BCUT2D eigenvalue weighted by Crippen LogP contribution is -2.10. The summed E-state index contributed by atoms with van der Waals surface area (Å²) in [6.45, 7) is 22.9. The van der Waals surface area contributed by atoms with Gasteiger partial charge in [0.25, 0.3) is 0 Å². The Hall–Kier alpha value is -12.2. The Balaban J connectivity index is 0.000000135. The topological polar surface area (TPSA) is 19.6 Å². The van der Waals surface area contributed by atoms with Gasteiger partial charge in [-0.1, -0.05) is 233 Å². The van der Waals surface area contributed by atoms with Crippen molar-refractivity contribution in [2.24, 2.45) is 0 Å². The first-order valence-electron chi connectivity index (χ1n) is 32.3. The highest BCUT2D eigenvalue weighted by molar-refractivity contribution is 6.10. The van der Waals surface area contributed by atoms with Crippen LogP contribution in [0.25, 0.3) is 79.2 Å². The van der Waals surface area contributed by atoms with Crippen LogP contribution in [0.2, 0.25) is 0 Å². The molecule has 0 radical (unpaired) electrons. The number of fused-ring (bicyclic) bond motifs is 6. The van der Waals surface area contributed by atoms with Crippen molar-refractivity contribution >= 4 is 119 Å². The summed E-state index contributed by atoms with van der Waals surface area (Å²) < 4.78 is 4.49. The van der Waals surface area contributed by atoms with Gasteiger partial charge in [0, 0.05) is 96.5 Å². The van der Waals surface area contributed by atoms with E-state index in [1.807, 2.05) is 36.6 Å². The van der Waals surface area contributed by atoms with Crippen LogP contribution in [0.5, 0.6) is 0 Å². The number of nitrogens with zero attached hydrogens (tertiary/aromatic N) is 5. The standard InChI is InChI=1S/C40H34N2.C20H17N.C16H15N.C14H11N/c1-4-32-16-22-36(23-17-32)42(40-15-9-11-31(3)29-40)38-26-20-34(21-27-38)33-18-24-37(25-19-33)41(35-12-6-5-7-13-35)39-14-8-10-30(2)28-39;1-2-17-13-15-20(16-14-17)21(18-9-5-3-6-10-18)19-11-7-4-8-12-19;1-3-12-9-10-16-14(11-12)13-7-5-6-8-15(13)17(16)4-2;1-2-15-13-9-5-3-7-11(13)12-8-4-6-10-14(12)15/h4-29H,1H2,2-3H3;2-16H,1H2;3,5-11H,1,4H2,2H3;2-10H,1H2. The predicted octanol–water partition coefficient (Wildman–Crippen LogP) is 25.7. The first-order chi connectivity index (χ1) is 46.7. The summed E-state index contributed by atoms with van der Waals surface area (Å²) in [5.74, 6) is 0. The monoisotopic (exact) mass is 1230 g/mol. The van der Waals surface area contributed by atoms with Gasteiger partial charge in [-0.05, 0) is 199 Å². The second kappa shape index (κ2) is 29.8. The highest BCUT2D eigenvalue weighted by atomic mass is 15.2. The van der Waals surface area contributed by atoms with Gasteiger partial charge in [-0.3, -0.25) is 0 Å². The molecule has 0 amide bonds. The number of hydrogen-bond acceptors (Lipinski definition) is 3. The van der Waals surface area contributed by atoms with Gasteiger partial charge in [-0.25, -0.2) is 0 Å². The lowest BCUT2D eigenvalue weighted by molar-refractivity contribution is 0.827. The van der Waals surface area contributed by atoms with E-state index in [1.54, 1.807) is 0 Å². The van der Waals surface area contributed by atoms with Crippen molar-refractivity contribution in [2.75, 3.05) is 14.7 Å². The molecule has 5 heteroatoms. The van der Waals surface area contributed by atoms with Gasteiger partial charge in [0.1, 0.15) is 0 Å². The third kappa shape index (κ3) is 14.2. The Morgan fingerprint density at radius 1 is 0.274 bits per heavy atom. The minimum atomic E-state index is 0.997. The van der Waals surface area contributed by atoms with Crippen LogP contribution < -0.4 is 14.7 Å². The van der Waals surface area contributed by atoms with Gasteiger partial charge >= 0.3 is 0 Å². The van der Waals surface area contributed by atoms with Gasteiger partial charge in [0.2, 0.25) is 0 Å². The number of benzene rings is 13. The molecule has 15 rings (SSSR count). The summed E-state index contributed by atoms with van der Waals surface area (Å²) in [5.41, 5.74) is 23.5. The molecule has 2 aromatic heterocycles. The molecule has 0 fully saturated rings. The zero-order valence-corrected chi connectivity index (χ0v) is 54.3. The Bertz CT molecular complexity index is 4970. The fourth-order valence-corrected chi connectivity index (χ4v) is 12.4. The highest BCUT2D eigenvalue weighted by Gasteiger charge is 2.17. The smallest absolute Gasteiger partial charge is 0.0534 e. The molecule has 0 atom stereocenters. The van der Waals surface area contributed by atoms with E-state index in [-0.39, 0.29) is 0 Å². The zero-order valence-electron chi connectivity index (χ0n) is 54.3. The fraction of sp³-hybridized carbons (Fsp3) is 0.0444. The molecule has 0 aliphatic carbocycles. The van der Waals surface area contributed by atoms with Crippen LogP contribution in [0.15, 0.2) is 354 Å². The van der Waals surface area contributed by atoms with Crippen molar-refractivity contribution in [3.05, 3.63) is 382 Å². The summed E-state index contributed by atoms with van der Waals surface area (Å²) >= 11 is 0. The molecule has 0 aliphatic heterocycles. The predicted molar refractivity (Wildman–Crippen MR) is 413 cm³/mol. The van der Waals surface area contributed by atoms with Crippen LogP contribution in [-0.4, -0.2) is 9.13 Å². The minimum absolute atomic E-state index is 0.997. The SMILES string of the molecule is C=Cc1ccc(N(c2ccc(-c3ccc(N(c4ccccc4)c4cccc(C)c4)cc3)cc2)c2cccc(C)c2)cc1.C=Cc1ccc(N(c2ccccc2)c2ccccc2)cc1.C=Cc1ccc2c(c1)c1ccccc1n2CC.C=Cn1c2ccccc2c2ccccc21. The molecule has 0 saturated heterocycles. The maximum absolute atomic E-state index is 3.90. The van der Waals surface area contributed by atoms with E-state index in [4.69, 9.17) is 0 Å². The average Bonchev–Trinajstić information content (AvgIpc) is 1.63. The number of aromatic nitrogens is 2. The van der Waals surface area contributed by atoms with E-state index in [2.05, 4.69) is 386 Å². The first kappa shape index (κ1) is 63.0. The highest BCUT2D eigenvalue weighted by Crippen LogP contribution is 2.40. The van der Waals surface area contributed by atoms with Gasteiger partial charge in [0.05, 0.1) is 11.0 Å². The molecule has 15 aromatic rings. The second-order valence-electron chi connectivity index (χ2n) is 23.2. The molecule has 0 aliphatic rings. The van der Waals surface area contributed by atoms with E-state index >= 15 is 0 Å². The summed E-state index contributed by atoms with van der Waals surface area (Å²) in [5, 5.41) is 5.22. The van der Waals surface area contributed by atoms with Crippen LogP contribution in [0.1, 0.15) is 34.7 Å². The number of hydrogen-bond donors (Lipinski definition) is 0. The van der Waals surface area contributed by atoms with Crippen LogP contribution in [-0.2, 0) is 6.54 Å². The van der Waals surface area contributed by atoms with Gasteiger partial charge in [-0.15, -0.1) is 0 Å². The van der Waals surface area contributed by atoms with Crippen molar-refractivity contribution in [2.45, 2.75) is 27.3 Å². The Morgan fingerprint density at radius 3 is 0.947 bits per heavy atom. The van der Waals surface area contributed by atoms with Crippen molar-refractivity contribution < 1.29 is 0 Å². The Kier molecular flexibility index (Phi) is 19.8. The van der Waals surface area contributed by atoms with Crippen LogP contribution in [0, 0.1) is 13.8 Å². The largest absolute Gasteiger partial charge is 0.341 e. The first-order valence-corrected chi connectivity index (χ1v) is 32.3. The van der Waals surface area contributed by atoms with Crippen molar-refractivity contribution in [3.63, 3.8) is 0 Å². The molecule has 0 spiro atoms. The van der Waals surface area contributed by atoms with Gasteiger partial charge < -0.3 is 23.8 Å². The number of aryl methyl sites for hydroxylation is 3. The third-order valence-corrected chi connectivity index (χ3v) is 17.1. The molecule has 0 unspecified atom stereocenters. The fourth-order valence-electron chi connectivity index (χ4n) is 12.4. The summed E-state index contributed by atoms with van der Waals surface area (Å²) in [6, 6.07) is 115. The summed E-state index contributed by atoms with van der Waals surface area (Å²) in [6.07, 6.45) is 7.50.